The van der Waals surface area contributed by atoms with E-state index in [0.717, 1.165) is 101 Å². The lowest BCUT2D eigenvalue weighted by atomic mass is 9.78. The Hall–Kier alpha value is -1.49. The first-order valence-electron chi connectivity index (χ1n) is 24.8. The number of rotatable bonds is 29. The van der Waals surface area contributed by atoms with Gasteiger partial charge in [0.25, 0.3) is 0 Å². The number of benzene rings is 2. The topological polar surface area (TPSA) is 113 Å². The largest absolute Gasteiger partial charge is 0.494 e. The number of aromatic nitrogens is 1. The van der Waals surface area contributed by atoms with E-state index in [2.05, 4.69) is 96.4 Å². The minimum Gasteiger partial charge on any atom is -0.399 e. The molecule has 2 fully saturated rings. The van der Waals surface area contributed by atoms with Gasteiger partial charge in [0.05, 0.1) is 61.2 Å². The molecule has 0 saturated carbocycles. The van der Waals surface area contributed by atoms with Crippen molar-refractivity contribution in [2.24, 2.45) is 0 Å². The fourth-order valence-corrected chi connectivity index (χ4v) is 12.5. The molecule has 3 heterocycles. The molecule has 1 aromatic heterocycles. The lowest BCUT2D eigenvalue weighted by Gasteiger charge is -2.32. The Morgan fingerprint density at radius 3 is 1.09 bits per heavy atom. The van der Waals surface area contributed by atoms with Crippen molar-refractivity contribution in [3.05, 3.63) is 36.4 Å². The van der Waals surface area contributed by atoms with Crippen LogP contribution >= 0.6 is 15.2 Å². The minimum atomic E-state index is -3.00. The zero-order chi connectivity index (χ0) is 46.8. The molecular formula is C49H83B2NO10P2. The van der Waals surface area contributed by atoms with Crippen molar-refractivity contribution in [2.75, 3.05) is 38.8 Å². The van der Waals surface area contributed by atoms with Crippen LogP contribution in [0.5, 0.6) is 0 Å². The molecular weight excluding hydrogens is 846 g/mol. The Kier molecular flexibility index (Phi) is 19.4. The Morgan fingerprint density at radius 2 is 0.781 bits per heavy atom. The molecule has 3 aromatic rings. The van der Waals surface area contributed by atoms with Crippen LogP contribution in [0.15, 0.2) is 36.4 Å². The van der Waals surface area contributed by atoms with Gasteiger partial charge in [0.1, 0.15) is 0 Å². The van der Waals surface area contributed by atoms with Gasteiger partial charge >= 0.3 is 29.4 Å². The first-order valence-corrected chi connectivity index (χ1v) is 28.3. The summed E-state index contributed by atoms with van der Waals surface area (Å²) in [6, 6.07) is 13.7. The van der Waals surface area contributed by atoms with E-state index >= 15 is 0 Å². The molecule has 0 unspecified atom stereocenters. The number of hydrogen-bond donors (Lipinski definition) is 0. The highest BCUT2D eigenvalue weighted by Gasteiger charge is 2.53. The van der Waals surface area contributed by atoms with Crippen LogP contribution in [-0.2, 0) is 45.8 Å². The smallest absolute Gasteiger partial charge is 0.399 e. The summed E-state index contributed by atoms with van der Waals surface area (Å²) in [5.41, 5.74) is 2.65. The van der Waals surface area contributed by atoms with Crippen molar-refractivity contribution in [1.29, 1.82) is 0 Å². The molecule has 0 spiro atoms. The SMILES string of the molecule is CCOP(=O)(CCCCCCCCC(CCCCCCCCP(=O)(OCC)OCC)n1c2cc(B3OC(C)(C)C(C)(C)O3)ccc2c2ccc(B3OC(C)(C)C(C)(C)O3)cc21)OCC. The summed E-state index contributed by atoms with van der Waals surface area (Å²) in [6.07, 6.45) is 15.7. The molecule has 2 aromatic carbocycles. The van der Waals surface area contributed by atoms with Gasteiger partial charge in [-0.05, 0) is 132 Å². The predicted octanol–water partition coefficient (Wildman–Crippen LogP) is 12.9. The number of hydrogen-bond acceptors (Lipinski definition) is 10. The lowest BCUT2D eigenvalue weighted by molar-refractivity contribution is 0.00578. The molecule has 0 bridgehead atoms. The van der Waals surface area contributed by atoms with Gasteiger partial charge in [-0.15, -0.1) is 0 Å². The highest BCUT2D eigenvalue weighted by Crippen LogP contribution is 2.50. The van der Waals surface area contributed by atoms with Crippen molar-refractivity contribution in [1.82, 2.24) is 4.57 Å². The van der Waals surface area contributed by atoms with Crippen molar-refractivity contribution < 1.29 is 45.8 Å². The summed E-state index contributed by atoms with van der Waals surface area (Å²) in [6.45, 7) is 25.9. The van der Waals surface area contributed by atoms with Crippen LogP contribution in [0, 0.1) is 0 Å². The number of nitrogens with zero attached hydrogens (tertiary/aromatic N) is 1. The summed E-state index contributed by atoms with van der Waals surface area (Å²) in [4.78, 5) is 0. The maximum atomic E-state index is 13.0. The van der Waals surface area contributed by atoms with Crippen molar-refractivity contribution in [2.45, 2.75) is 201 Å². The average molecular weight is 930 g/mol. The Labute approximate surface area is 387 Å². The second-order valence-corrected chi connectivity index (χ2v) is 24.3. The molecule has 5 rings (SSSR count). The summed E-state index contributed by atoms with van der Waals surface area (Å²) >= 11 is 0. The van der Waals surface area contributed by atoms with E-state index in [0.29, 0.717) is 38.8 Å². The molecule has 64 heavy (non-hydrogen) atoms. The zero-order valence-corrected chi connectivity index (χ0v) is 43.6. The van der Waals surface area contributed by atoms with E-state index in [4.69, 9.17) is 36.7 Å². The Bertz CT molecular complexity index is 1850. The van der Waals surface area contributed by atoms with Gasteiger partial charge in [0, 0.05) is 27.8 Å². The highest BCUT2D eigenvalue weighted by molar-refractivity contribution is 7.54. The average Bonchev–Trinajstić information content (AvgIpc) is 3.75. The van der Waals surface area contributed by atoms with Crippen LogP contribution in [-0.4, -0.2) is 80.0 Å². The van der Waals surface area contributed by atoms with Gasteiger partial charge in [-0.3, -0.25) is 9.13 Å². The Morgan fingerprint density at radius 1 is 0.484 bits per heavy atom. The molecule has 0 radical (unpaired) electrons. The molecule has 15 heteroatoms. The first kappa shape index (κ1) is 53.5. The monoisotopic (exact) mass is 930 g/mol. The zero-order valence-electron chi connectivity index (χ0n) is 41.8. The van der Waals surface area contributed by atoms with E-state index in [9.17, 15) is 9.13 Å². The molecule has 2 saturated heterocycles. The fraction of sp³-hybridized carbons (Fsp3) is 0.755. The molecule has 0 aliphatic carbocycles. The summed E-state index contributed by atoms with van der Waals surface area (Å²) in [7, 11) is -6.93. The van der Waals surface area contributed by atoms with E-state index in [1.54, 1.807) is 0 Å². The molecule has 360 valence electrons. The lowest BCUT2D eigenvalue weighted by Crippen LogP contribution is -2.41. The van der Waals surface area contributed by atoms with Gasteiger partial charge in [0.15, 0.2) is 0 Å². The molecule has 11 nitrogen and oxygen atoms in total. The van der Waals surface area contributed by atoms with E-state index in [1.165, 1.54) is 21.8 Å². The van der Waals surface area contributed by atoms with Crippen LogP contribution in [0.25, 0.3) is 21.8 Å². The van der Waals surface area contributed by atoms with Crippen molar-refractivity contribution in [3.8, 4) is 0 Å². The van der Waals surface area contributed by atoms with Gasteiger partial charge in [-0.1, -0.05) is 88.5 Å². The van der Waals surface area contributed by atoms with Crippen LogP contribution < -0.4 is 10.9 Å². The maximum Gasteiger partial charge on any atom is 0.494 e. The van der Waals surface area contributed by atoms with Crippen molar-refractivity contribution >= 4 is 62.2 Å². The normalized spacial score (nSPS) is 18.4. The molecule has 0 N–H and O–H groups in total. The summed E-state index contributed by atoms with van der Waals surface area (Å²) in [5, 5.41) is 2.43. The van der Waals surface area contributed by atoms with Crippen LogP contribution in [0.3, 0.4) is 0 Å². The van der Waals surface area contributed by atoms with E-state index in [-0.39, 0.29) is 6.04 Å². The maximum absolute atomic E-state index is 13.0. The van der Waals surface area contributed by atoms with Gasteiger partial charge in [-0.2, -0.15) is 0 Å². The van der Waals surface area contributed by atoms with E-state index < -0.39 is 51.8 Å². The van der Waals surface area contributed by atoms with Crippen molar-refractivity contribution in [3.63, 3.8) is 0 Å². The second kappa shape index (κ2) is 23.2. The quantitative estimate of drug-likeness (QED) is 0.0379. The highest BCUT2D eigenvalue weighted by atomic mass is 31.2. The number of fused-ring (bicyclic) bond motifs is 3. The third-order valence-electron chi connectivity index (χ3n) is 14.0. The molecule has 0 amide bonds. The van der Waals surface area contributed by atoms with Gasteiger partial charge < -0.3 is 41.3 Å². The summed E-state index contributed by atoms with van der Waals surface area (Å²) in [5.74, 6) is 0. The standard InChI is InChI=1S/C49H83B2NO10P2/c1-13-55-63(53,56-14-2)35-27-23-19-17-21-25-29-41(30-26-22-18-20-24-28-36-64(54,57-15-3)58-16-4)52-44-37-39(50-59-46(5,6)47(7,8)60-50)31-33-42(44)43-34-32-40(38-45(43)52)51-61-48(9,10)49(11,12)62-51/h31-34,37-38,41H,13-30,35-36H2,1-12H3. The summed E-state index contributed by atoms with van der Waals surface area (Å²) < 4.78 is 77.1. The fourth-order valence-electron chi connectivity index (χ4n) is 9.03. The van der Waals surface area contributed by atoms with Crippen LogP contribution in [0.1, 0.15) is 179 Å². The minimum absolute atomic E-state index is 0.258. The Balaban J connectivity index is 1.39. The first-order chi connectivity index (χ1) is 30.2. The third-order valence-corrected chi connectivity index (χ3v) is 18.3. The molecule has 2 aliphatic rings. The van der Waals surface area contributed by atoms with Crippen LogP contribution in [0.2, 0.25) is 0 Å². The van der Waals surface area contributed by atoms with E-state index in [1.807, 2.05) is 27.7 Å². The van der Waals surface area contributed by atoms with Crippen LogP contribution in [0.4, 0.5) is 0 Å². The third kappa shape index (κ3) is 13.4. The molecule has 2 aliphatic heterocycles. The predicted molar refractivity (Wildman–Crippen MR) is 266 cm³/mol. The molecule has 0 atom stereocenters. The second-order valence-electron chi connectivity index (χ2n) is 19.9. The van der Waals surface area contributed by atoms with Gasteiger partial charge in [0.2, 0.25) is 0 Å². The van der Waals surface area contributed by atoms with Gasteiger partial charge in [-0.25, -0.2) is 0 Å². The number of unbranched alkanes of at least 4 members (excludes halogenated alkanes) is 10.